The minimum Gasteiger partial charge on any atom is -0.489 e. The van der Waals surface area contributed by atoms with Crippen molar-refractivity contribution in [2.24, 2.45) is 10.8 Å². The van der Waals surface area contributed by atoms with Gasteiger partial charge in [-0.2, -0.15) is 5.26 Å². The Balaban J connectivity index is 1.80. The largest absolute Gasteiger partial charge is 0.489 e. The zero-order chi connectivity index (χ0) is 21.6. The molecule has 2 aromatic rings. The van der Waals surface area contributed by atoms with Crippen LogP contribution in [0.3, 0.4) is 0 Å². The summed E-state index contributed by atoms with van der Waals surface area (Å²) in [7, 11) is 0. The third-order valence-electron chi connectivity index (χ3n) is 6.13. The van der Waals surface area contributed by atoms with E-state index in [4.69, 9.17) is 10.00 Å². The third-order valence-corrected chi connectivity index (χ3v) is 6.13. The fourth-order valence-electron chi connectivity index (χ4n) is 4.73. The van der Waals surface area contributed by atoms with Crippen LogP contribution in [0.2, 0.25) is 0 Å². The number of carbonyl (C=O) groups is 1. The quantitative estimate of drug-likeness (QED) is 0.800. The Morgan fingerprint density at radius 3 is 2.21 bits per heavy atom. The third kappa shape index (κ3) is 3.48. The van der Waals surface area contributed by atoms with Crippen LogP contribution in [0.1, 0.15) is 54.7 Å². The Morgan fingerprint density at radius 2 is 1.66 bits per heavy atom. The first-order chi connectivity index (χ1) is 13.5. The number of nitriles is 1. The van der Waals surface area contributed by atoms with Crippen LogP contribution in [0.25, 0.3) is 0 Å². The Hall–Kier alpha value is -2.87. The second kappa shape index (κ2) is 7.18. The maximum Gasteiger partial charge on any atom is 0.251 e. The van der Waals surface area contributed by atoms with Gasteiger partial charge in [-0.3, -0.25) is 4.79 Å². The average molecular weight is 394 g/mol. The molecule has 0 bridgehead atoms. The van der Waals surface area contributed by atoms with E-state index in [0.717, 1.165) is 5.56 Å². The lowest BCUT2D eigenvalue weighted by Gasteiger charge is -2.63. The first-order valence-electron chi connectivity index (χ1n) is 9.73. The van der Waals surface area contributed by atoms with Gasteiger partial charge in [0.25, 0.3) is 5.91 Å². The highest BCUT2D eigenvalue weighted by Crippen LogP contribution is 2.55. The minimum atomic E-state index is -0.552. The Kier molecular flexibility index (Phi) is 5.17. The molecule has 1 saturated carbocycles. The van der Waals surface area contributed by atoms with Crippen LogP contribution < -0.4 is 10.1 Å². The number of ether oxygens (including phenoxy) is 1. The van der Waals surface area contributed by atoms with Crippen molar-refractivity contribution in [3.05, 3.63) is 64.5 Å². The van der Waals surface area contributed by atoms with E-state index in [1.54, 1.807) is 13.0 Å². The molecule has 1 N–H and O–H groups in total. The van der Waals surface area contributed by atoms with Crippen molar-refractivity contribution in [1.29, 1.82) is 5.26 Å². The summed E-state index contributed by atoms with van der Waals surface area (Å²) < 4.78 is 20.5. The lowest BCUT2D eigenvalue weighted by molar-refractivity contribution is -0.164. The fraction of sp³-hybridized carbons (Fsp3) is 0.417. The second-order valence-corrected chi connectivity index (χ2v) is 9.08. The van der Waals surface area contributed by atoms with Crippen molar-refractivity contribution in [1.82, 2.24) is 5.32 Å². The smallest absolute Gasteiger partial charge is 0.251 e. The van der Waals surface area contributed by atoms with Crippen molar-refractivity contribution >= 4 is 5.91 Å². The molecule has 0 atom stereocenters. The topological polar surface area (TPSA) is 62.1 Å². The lowest BCUT2D eigenvalue weighted by atomic mass is 9.49. The molecule has 2 aromatic carbocycles. The highest BCUT2D eigenvalue weighted by atomic mass is 19.1. The fourth-order valence-corrected chi connectivity index (χ4v) is 4.73. The van der Waals surface area contributed by atoms with E-state index >= 15 is 0 Å². The van der Waals surface area contributed by atoms with E-state index in [-0.39, 0.29) is 34.4 Å². The zero-order valence-electron chi connectivity index (χ0n) is 17.8. The predicted octanol–water partition coefficient (Wildman–Crippen LogP) is 4.93. The van der Waals surface area contributed by atoms with Crippen molar-refractivity contribution in [3.8, 4) is 11.8 Å². The number of halogens is 1. The summed E-state index contributed by atoms with van der Waals surface area (Å²) in [5.74, 6) is -0.240. The maximum absolute atomic E-state index is 14.3. The first-order valence-corrected chi connectivity index (χ1v) is 9.73. The molecule has 0 saturated heterocycles. The van der Waals surface area contributed by atoms with Gasteiger partial charge in [-0.15, -0.1) is 0 Å². The lowest BCUT2D eigenvalue weighted by Crippen LogP contribution is -2.74. The first kappa shape index (κ1) is 20.9. The molecule has 0 aliphatic heterocycles. The summed E-state index contributed by atoms with van der Waals surface area (Å²) in [6, 6.07) is 12.3. The predicted molar refractivity (Wildman–Crippen MR) is 110 cm³/mol. The second-order valence-electron chi connectivity index (χ2n) is 9.08. The molecule has 1 amide bonds. The molecule has 0 aromatic heterocycles. The van der Waals surface area contributed by atoms with E-state index in [2.05, 4.69) is 5.32 Å². The Labute approximate surface area is 171 Å². The number of benzene rings is 2. The number of amides is 1. The van der Waals surface area contributed by atoms with Gasteiger partial charge in [-0.05, 0) is 38.1 Å². The molecule has 1 fully saturated rings. The van der Waals surface area contributed by atoms with Gasteiger partial charge < -0.3 is 10.1 Å². The average Bonchev–Trinajstić information content (AvgIpc) is 2.67. The molecule has 1 aliphatic carbocycles. The Morgan fingerprint density at radius 1 is 1.07 bits per heavy atom. The van der Waals surface area contributed by atoms with Gasteiger partial charge in [-0.1, -0.05) is 45.4 Å². The summed E-state index contributed by atoms with van der Waals surface area (Å²) in [6.07, 6.45) is -0.232. The van der Waals surface area contributed by atoms with Crippen molar-refractivity contribution < 1.29 is 13.9 Å². The number of aryl methyl sites for hydroxylation is 1. The highest BCUT2D eigenvalue weighted by molar-refractivity contribution is 5.94. The molecule has 0 unspecified atom stereocenters. The van der Waals surface area contributed by atoms with Crippen LogP contribution in [-0.2, 0) is 0 Å². The van der Waals surface area contributed by atoms with Gasteiger partial charge in [0.1, 0.15) is 23.7 Å². The number of hydrogen-bond acceptors (Lipinski definition) is 3. The zero-order valence-corrected chi connectivity index (χ0v) is 17.8. The van der Waals surface area contributed by atoms with E-state index in [9.17, 15) is 9.18 Å². The number of hydrogen-bond donors (Lipinski definition) is 1. The summed E-state index contributed by atoms with van der Waals surface area (Å²) in [5.41, 5.74) is 1.33. The summed E-state index contributed by atoms with van der Waals surface area (Å²) >= 11 is 0. The van der Waals surface area contributed by atoms with Crippen molar-refractivity contribution in [2.45, 2.75) is 53.7 Å². The van der Waals surface area contributed by atoms with E-state index in [1.165, 1.54) is 6.07 Å². The number of carbonyl (C=O) groups excluding carboxylic acids is 1. The van der Waals surface area contributed by atoms with Crippen LogP contribution in [-0.4, -0.2) is 18.1 Å². The molecule has 152 valence electrons. The van der Waals surface area contributed by atoms with Crippen LogP contribution in [0, 0.1) is 41.8 Å². The normalized spacial score (nSPS) is 21.6. The number of nitrogens with one attached hydrogen (secondary N) is 1. The van der Waals surface area contributed by atoms with E-state index < -0.39 is 5.82 Å². The van der Waals surface area contributed by atoms with Gasteiger partial charge in [-0.25, -0.2) is 4.39 Å². The van der Waals surface area contributed by atoms with Gasteiger partial charge in [0.15, 0.2) is 0 Å². The Bertz CT molecular complexity index is 971. The van der Waals surface area contributed by atoms with Gasteiger partial charge >= 0.3 is 0 Å². The molecule has 0 radical (unpaired) electrons. The van der Waals surface area contributed by atoms with Gasteiger partial charge in [0, 0.05) is 28.0 Å². The van der Waals surface area contributed by atoms with E-state index in [0.29, 0.717) is 16.9 Å². The molecule has 0 heterocycles. The maximum atomic E-state index is 14.3. The SMILES string of the molecule is Cc1ccc(C(=O)N[C@H]2C(C)(C)[C@H](Oc3ccc(C#N)c(F)c3C)C2(C)C)cc1. The van der Waals surface area contributed by atoms with Crippen LogP contribution in [0.4, 0.5) is 4.39 Å². The summed E-state index contributed by atoms with van der Waals surface area (Å²) in [6.45, 7) is 11.8. The highest BCUT2D eigenvalue weighted by Gasteiger charge is 2.64. The molecule has 1 aliphatic rings. The summed E-state index contributed by atoms with van der Waals surface area (Å²) in [5, 5.41) is 12.2. The van der Waals surface area contributed by atoms with Crippen molar-refractivity contribution in [2.75, 3.05) is 0 Å². The monoisotopic (exact) mass is 394 g/mol. The van der Waals surface area contributed by atoms with Crippen molar-refractivity contribution in [3.63, 3.8) is 0 Å². The molecule has 4 nitrogen and oxygen atoms in total. The van der Waals surface area contributed by atoms with Crippen LogP contribution in [0.5, 0.6) is 5.75 Å². The molecular formula is C24H27FN2O2. The molecular weight excluding hydrogens is 367 g/mol. The molecule has 29 heavy (non-hydrogen) atoms. The van der Waals surface area contributed by atoms with Crippen LogP contribution in [0.15, 0.2) is 36.4 Å². The molecule has 3 rings (SSSR count). The van der Waals surface area contributed by atoms with E-state index in [1.807, 2.05) is 65.0 Å². The number of nitrogens with zero attached hydrogens (tertiary/aromatic N) is 1. The standard InChI is InChI=1S/C24H27FN2O2/c1-14-7-9-16(10-8-14)20(28)27-21-23(3,4)22(24(21,5)6)29-18-12-11-17(13-26)19(25)15(18)2/h7-12,21-22H,1-6H3,(H,27,28)/t21-,22-. The number of rotatable bonds is 4. The van der Waals surface area contributed by atoms with Gasteiger partial charge in [0.2, 0.25) is 0 Å². The van der Waals surface area contributed by atoms with Gasteiger partial charge in [0.05, 0.1) is 5.56 Å². The molecule has 0 spiro atoms. The summed E-state index contributed by atoms with van der Waals surface area (Å²) in [4.78, 5) is 12.7. The minimum absolute atomic E-state index is 0.00483. The van der Waals surface area contributed by atoms with Crippen LogP contribution >= 0.6 is 0 Å². The molecule has 5 heteroatoms.